The second-order valence-corrected chi connectivity index (χ2v) is 5.84. The number of hydrogen-bond donors (Lipinski definition) is 2. The van der Waals surface area contributed by atoms with Gasteiger partial charge in [-0.3, -0.25) is 14.9 Å². The molecule has 2 rings (SSSR count). The van der Waals surface area contributed by atoms with Crippen LogP contribution < -0.4 is 15.4 Å². The molecule has 0 saturated heterocycles. The molecule has 116 valence electrons. The molecule has 1 aromatic heterocycles. The number of rotatable bonds is 5. The highest BCUT2D eigenvalue weighted by Crippen LogP contribution is 2.24. The van der Waals surface area contributed by atoms with Gasteiger partial charge in [-0.1, -0.05) is 26.0 Å². The minimum atomic E-state index is -0.770. The molecule has 22 heavy (non-hydrogen) atoms. The first-order valence-electron chi connectivity index (χ1n) is 6.80. The molecule has 0 saturated carbocycles. The van der Waals surface area contributed by atoms with Crippen LogP contribution in [0.2, 0.25) is 0 Å². The van der Waals surface area contributed by atoms with Crippen molar-refractivity contribution < 1.29 is 14.3 Å². The SMILES string of the molecule is CC(C)COc1ccccc1NC(=O)C(=O)Nc1nccs1. The number of para-hydroxylation sites is 2. The zero-order valence-corrected chi connectivity index (χ0v) is 13.1. The van der Waals surface area contributed by atoms with Crippen molar-refractivity contribution in [2.45, 2.75) is 13.8 Å². The summed E-state index contributed by atoms with van der Waals surface area (Å²) in [5, 5.41) is 7.06. The van der Waals surface area contributed by atoms with E-state index in [1.807, 2.05) is 13.8 Å². The molecular weight excluding hydrogens is 302 g/mol. The van der Waals surface area contributed by atoms with Crippen molar-refractivity contribution in [3.8, 4) is 5.75 Å². The van der Waals surface area contributed by atoms with Crippen LogP contribution in [0.25, 0.3) is 0 Å². The number of amides is 2. The van der Waals surface area contributed by atoms with E-state index in [2.05, 4.69) is 15.6 Å². The molecule has 0 spiro atoms. The van der Waals surface area contributed by atoms with E-state index in [1.54, 1.807) is 35.8 Å². The van der Waals surface area contributed by atoms with E-state index in [0.717, 1.165) is 0 Å². The molecule has 2 aromatic rings. The first-order chi connectivity index (χ1) is 10.6. The highest BCUT2D eigenvalue weighted by Gasteiger charge is 2.17. The van der Waals surface area contributed by atoms with Gasteiger partial charge in [0.15, 0.2) is 5.13 Å². The maximum absolute atomic E-state index is 11.9. The van der Waals surface area contributed by atoms with Gasteiger partial charge < -0.3 is 10.1 Å². The lowest BCUT2D eigenvalue weighted by Crippen LogP contribution is -2.29. The van der Waals surface area contributed by atoms with Crippen molar-refractivity contribution in [1.82, 2.24) is 4.98 Å². The molecule has 1 heterocycles. The lowest BCUT2D eigenvalue weighted by molar-refractivity contribution is -0.133. The Bertz CT molecular complexity index is 641. The first kappa shape index (κ1) is 16.0. The van der Waals surface area contributed by atoms with Crippen LogP contribution in [-0.4, -0.2) is 23.4 Å². The molecule has 0 unspecified atom stereocenters. The van der Waals surface area contributed by atoms with E-state index >= 15 is 0 Å². The van der Waals surface area contributed by atoms with Crippen molar-refractivity contribution in [2.75, 3.05) is 17.2 Å². The van der Waals surface area contributed by atoms with Gasteiger partial charge in [-0.05, 0) is 18.1 Å². The summed E-state index contributed by atoms with van der Waals surface area (Å²) in [6, 6.07) is 7.00. The number of nitrogens with one attached hydrogen (secondary N) is 2. The summed E-state index contributed by atoms with van der Waals surface area (Å²) < 4.78 is 5.63. The largest absolute Gasteiger partial charge is 0.491 e. The van der Waals surface area contributed by atoms with Gasteiger partial charge in [0.2, 0.25) is 0 Å². The average Bonchev–Trinajstić information content (AvgIpc) is 2.99. The lowest BCUT2D eigenvalue weighted by atomic mass is 10.2. The Kier molecular flexibility index (Phi) is 5.48. The second kappa shape index (κ2) is 7.56. The predicted octanol–water partition coefficient (Wildman–Crippen LogP) is 2.76. The fourth-order valence-corrected chi connectivity index (χ4v) is 2.09. The monoisotopic (exact) mass is 319 g/mol. The molecule has 0 aliphatic carbocycles. The molecular formula is C15H17N3O3S. The third kappa shape index (κ3) is 4.56. The Morgan fingerprint density at radius 2 is 1.95 bits per heavy atom. The molecule has 0 bridgehead atoms. The van der Waals surface area contributed by atoms with Crippen LogP contribution in [0.5, 0.6) is 5.75 Å². The van der Waals surface area contributed by atoms with Gasteiger partial charge in [0, 0.05) is 11.6 Å². The van der Waals surface area contributed by atoms with Crippen LogP contribution in [0, 0.1) is 5.92 Å². The van der Waals surface area contributed by atoms with E-state index in [4.69, 9.17) is 4.74 Å². The van der Waals surface area contributed by atoms with E-state index < -0.39 is 11.8 Å². The number of benzene rings is 1. The molecule has 2 N–H and O–H groups in total. The Balaban J connectivity index is 2.00. The zero-order chi connectivity index (χ0) is 15.9. The normalized spacial score (nSPS) is 10.3. The number of thiazole rings is 1. The number of nitrogens with zero attached hydrogens (tertiary/aromatic N) is 1. The topological polar surface area (TPSA) is 80.3 Å². The number of carbonyl (C=O) groups is 2. The Labute approximate surface area is 132 Å². The third-order valence-electron chi connectivity index (χ3n) is 2.57. The maximum atomic E-state index is 11.9. The summed E-state index contributed by atoms with van der Waals surface area (Å²) in [6.07, 6.45) is 1.55. The summed E-state index contributed by atoms with van der Waals surface area (Å²) in [5.41, 5.74) is 0.461. The van der Waals surface area contributed by atoms with Crippen molar-refractivity contribution in [3.63, 3.8) is 0 Å². The number of aromatic nitrogens is 1. The van der Waals surface area contributed by atoms with E-state index in [-0.39, 0.29) is 0 Å². The van der Waals surface area contributed by atoms with Gasteiger partial charge in [0.1, 0.15) is 5.75 Å². The molecule has 0 radical (unpaired) electrons. The fourth-order valence-electron chi connectivity index (χ4n) is 1.57. The van der Waals surface area contributed by atoms with Gasteiger partial charge >= 0.3 is 11.8 Å². The molecule has 0 aliphatic heterocycles. The number of ether oxygens (including phenoxy) is 1. The summed E-state index contributed by atoms with van der Waals surface area (Å²) in [7, 11) is 0. The quantitative estimate of drug-likeness (QED) is 0.830. The fraction of sp³-hybridized carbons (Fsp3) is 0.267. The maximum Gasteiger partial charge on any atom is 0.315 e. The lowest BCUT2D eigenvalue weighted by Gasteiger charge is -2.13. The first-order valence-corrected chi connectivity index (χ1v) is 7.68. The summed E-state index contributed by atoms with van der Waals surface area (Å²) in [4.78, 5) is 27.6. The van der Waals surface area contributed by atoms with E-state index in [0.29, 0.717) is 29.1 Å². The van der Waals surface area contributed by atoms with Gasteiger partial charge in [0.25, 0.3) is 0 Å². The number of carbonyl (C=O) groups excluding carboxylic acids is 2. The second-order valence-electron chi connectivity index (χ2n) is 4.95. The summed E-state index contributed by atoms with van der Waals surface area (Å²) in [6.45, 7) is 4.59. The molecule has 0 aliphatic rings. The zero-order valence-electron chi connectivity index (χ0n) is 12.3. The van der Waals surface area contributed by atoms with Gasteiger partial charge in [-0.25, -0.2) is 4.98 Å². The average molecular weight is 319 g/mol. The predicted molar refractivity (Wildman–Crippen MR) is 86.1 cm³/mol. The molecule has 6 nitrogen and oxygen atoms in total. The minimum Gasteiger partial charge on any atom is -0.491 e. The summed E-state index contributed by atoms with van der Waals surface area (Å²) >= 11 is 1.24. The Morgan fingerprint density at radius 1 is 1.23 bits per heavy atom. The van der Waals surface area contributed by atoms with E-state index in [1.165, 1.54) is 11.3 Å². The van der Waals surface area contributed by atoms with Crippen molar-refractivity contribution >= 4 is 34.0 Å². The standard InChI is InChI=1S/C15H17N3O3S/c1-10(2)9-21-12-6-4-3-5-11(12)17-13(19)14(20)18-15-16-7-8-22-15/h3-8,10H,9H2,1-2H3,(H,17,19)(H,16,18,20). The molecule has 2 amide bonds. The summed E-state index contributed by atoms with van der Waals surface area (Å²) in [5.74, 6) is -0.645. The van der Waals surface area contributed by atoms with Crippen LogP contribution in [0.4, 0.5) is 10.8 Å². The van der Waals surface area contributed by atoms with Crippen LogP contribution in [0.3, 0.4) is 0 Å². The Morgan fingerprint density at radius 3 is 2.64 bits per heavy atom. The van der Waals surface area contributed by atoms with E-state index in [9.17, 15) is 9.59 Å². The van der Waals surface area contributed by atoms with Crippen LogP contribution in [0.1, 0.15) is 13.8 Å². The van der Waals surface area contributed by atoms with Gasteiger partial charge in [-0.2, -0.15) is 0 Å². The van der Waals surface area contributed by atoms with Crippen molar-refractivity contribution in [2.24, 2.45) is 5.92 Å². The number of anilines is 2. The minimum absolute atomic E-state index is 0.358. The molecule has 7 heteroatoms. The van der Waals surface area contributed by atoms with Gasteiger partial charge in [0.05, 0.1) is 12.3 Å². The molecule has 0 fully saturated rings. The highest BCUT2D eigenvalue weighted by molar-refractivity contribution is 7.13. The third-order valence-corrected chi connectivity index (χ3v) is 3.25. The smallest absolute Gasteiger partial charge is 0.315 e. The molecule has 0 atom stereocenters. The van der Waals surface area contributed by atoms with Crippen LogP contribution in [-0.2, 0) is 9.59 Å². The van der Waals surface area contributed by atoms with Crippen LogP contribution in [0.15, 0.2) is 35.8 Å². The van der Waals surface area contributed by atoms with Gasteiger partial charge in [-0.15, -0.1) is 11.3 Å². The van der Waals surface area contributed by atoms with Crippen LogP contribution >= 0.6 is 11.3 Å². The highest BCUT2D eigenvalue weighted by atomic mass is 32.1. The van der Waals surface area contributed by atoms with Crippen molar-refractivity contribution in [1.29, 1.82) is 0 Å². The number of hydrogen-bond acceptors (Lipinski definition) is 5. The Hall–Kier alpha value is -2.41. The molecule has 1 aromatic carbocycles. The van der Waals surface area contributed by atoms with Crippen molar-refractivity contribution in [3.05, 3.63) is 35.8 Å².